The van der Waals surface area contributed by atoms with Crippen molar-refractivity contribution in [1.29, 1.82) is 0 Å². The topological polar surface area (TPSA) is 48.9 Å². The zero-order valence-corrected chi connectivity index (χ0v) is 12.2. The van der Waals surface area contributed by atoms with Crippen LogP contribution in [0.25, 0.3) is 0 Å². The maximum absolute atomic E-state index is 5.00. The van der Waals surface area contributed by atoms with Crippen LogP contribution in [0.3, 0.4) is 0 Å². The van der Waals surface area contributed by atoms with E-state index in [1.165, 1.54) is 12.8 Å². The van der Waals surface area contributed by atoms with Gasteiger partial charge in [-0.05, 0) is 26.7 Å². The molecule has 18 heavy (non-hydrogen) atoms. The third kappa shape index (κ3) is 5.69. The van der Waals surface area contributed by atoms with E-state index in [0.29, 0.717) is 12.6 Å². The first-order valence-electron chi connectivity index (χ1n) is 6.88. The molecule has 0 radical (unpaired) electrons. The molecule has 0 aliphatic heterocycles. The number of rotatable bonds is 8. The van der Waals surface area contributed by atoms with Crippen molar-refractivity contribution in [1.82, 2.24) is 15.5 Å². The third-order valence-electron chi connectivity index (χ3n) is 3.16. The van der Waals surface area contributed by atoms with Crippen LogP contribution in [0.15, 0.2) is 4.99 Å². The van der Waals surface area contributed by atoms with Crippen LogP contribution < -0.4 is 10.6 Å². The molecule has 1 aliphatic carbocycles. The first-order chi connectivity index (χ1) is 8.69. The van der Waals surface area contributed by atoms with Crippen LogP contribution in [-0.2, 0) is 4.74 Å². The van der Waals surface area contributed by atoms with Gasteiger partial charge in [-0.15, -0.1) is 0 Å². The Balaban J connectivity index is 2.17. The fraction of sp³-hybridized carbons (Fsp3) is 0.923. The normalized spacial score (nSPS) is 16.4. The van der Waals surface area contributed by atoms with E-state index in [1.807, 2.05) is 0 Å². The highest BCUT2D eigenvalue weighted by molar-refractivity contribution is 5.79. The zero-order valence-electron chi connectivity index (χ0n) is 12.2. The highest BCUT2D eigenvalue weighted by atomic mass is 16.5. The van der Waals surface area contributed by atoms with Gasteiger partial charge in [-0.2, -0.15) is 0 Å². The molecule has 0 bridgehead atoms. The van der Waals surface area contributed by atoms with Crippen LogP contribution in [0.5, 0.6) is 0 Å². The Hall–Kier alpha value is -0.810. The molecule has 0 aromatic heterocycles. The number of aliphatic imine (C=N–C) groups is 1. The van der Waals surface area contributed by atoms with E-state index in [1.54, 1.807) is 14.2 Å². The first kappa shape index (κ1) is 15.2. The van der Waals surface area contributed by atoms with Gasteiger partial charge in [0.05, 0.1) is 6.61 Å². The highest BCUT2D eigenvalue weighted by Crippen LogP contribution is 2.27. The van der Waals surface area contributed by atoms with Crippen LogP contribution in [0, 0.1) is 0 Å². The van der Waals surface area contributed by atoms with Crippen LogP contribution in [0.1, 0.15) is 26.7 Å². The van der Waals surface area contributed by atoms with Gasteiger partial charge in [-0.1, -0.05) is 0 Å². The average molecular weight is 256 g/mol. The highest BCUT2D eigenvalue weighted by Gasteiger charge is 2.29. The lowest BCUT2D eigenvalue weighted by molar-refractivity contribution is 0.203. The molecule has 1 rings (SSSR count). The van der Waals surface area contributed by atoms with Crippen molar-refractivity contribution in [2.75, 3.05) is 40.4 Å². The van der Waals surface area contributed by atoms with Crippen molar-refractivity contribution < 1.29 is 4.74 Å². The van der Waals surface area contributed by atoms with E-state index in [-0.39, 0.29) is 0 Å². The fourth-order valence-corrected chi connectivity index (χ4v) is 2.06. The number of hydrogen-bond donors (Lipinski definition) is 2. The quantitative estimate of drug-likeness (QED) is 0.381. The minimum atomic E-state index is 0.628. The van der Waals surface area contributed by atoms with Gasteiger partial charge >= 0.3 is 0 Å². The molecule has 0 unspecified atom stereocenters. The standard InChI is InChI=1S/C13H28N4O/c1-11(2)17(12-5-6-12)9-7-15-13(14-3)16-8-10-18-4/h11-12H,5-10H2,1-4H3,(H2,14,15,16). The minimum absolute atomic E-state index is 0.628. The van der Waals surface area contributed by atoms with E-state index in [0.717, 1.165) is 31.6 Å². The summed E-state index contributed by atoms with van der Waals surface area (Å²) < 4.78 is 5.00. The Morgan fingerprint density at radius 2 is 2.00 bits per heavy atom. The molecular formula is C13H28N4O. The molecular weight excluding hydrogens is 228 g/mol. The number of guanidine groups is 1. The monoisotopic (exact) mass is 256 g/mol. The van der Waals surface area contributed by atoms with Crippen LogP contribution in [-0.4, -0.2) is 63.3 Å². The van der Waals surface area contributed by atoms with Gasteiger partial charge in [-0.25, -0.2) is 0 Å². The predicted molar refractivity (Wildman–Crippen MR) is 76.1 cm³/mol. The summed E-state index contributed by atoms with van der Waals surface area (Å²) in [5.74, 6) is 0.853. The molecule has 1 fully saturated rings. The smallest absolute Gasteiger partial charge is 0.191 e. The Morgan fingerprint density at radius 1 is 1.33 bits per heavy atom. The second kappa shape index (κ2) is 8.32. The van der Waals surface area contributed by atoms with Gasteiger partial charge in [0.15, 0.2) is 5.96 Å². The molecule has 0 atom stereocenters. The van der Waals surface area contributed by atoms with Crippen molar-refractivity contribution in [3.05, 3.63) is 0 Å². The summed E-state index contributed by atoms with van der Waals surface area (Å²) >= 11 is 0. The van der Waals surface area contributed by atoms with Gasteiger partial charge in [0.2, 0.25) is 0 Å². The Kier molecular flexibility index (Phi) is 7.05. The summed E-state index contributed by atoms with van der Waals surface area (Å²) in [5.41, 5.74) is 0. The molecule has 2 N–H and O–H groups in total. The van der Waals surface area contributed by atoms with Gasteiger partial charge in [0.25, 0.3) is 0 Å². The predicted octanol–water partition coefficient (Wildman–Crippen LogP) is 0.671. The molecule has 0 amide bonds. The van der Waals surface area contributed by atoms with Crippen molar-refractivity contribution in [3.8, 4) is 0 Å². The summed E-state index contributed by atoms with van der Waals surface area (Å²) in [6, 6.07) is 1.44. The van der Waals surface area contributed by atoms with Gasteiger partial charge < -0.3 is 15.4 Å². The molecule has 0 aromatic rings. The number of nitrogens with zero attached hydrogens (tertiary/aromatic N) is 2. The molecule has 0 saturated heterocycles. The second-order valence-corrected chi connectivity index (χ2v) is 4.98. The van der Waals surface area contributed by atoms with E-state index in [2.05, 4.69) is 34.4 Å². The van der Waals surface area contributed by atoms with E-state index in [4.69, 9.17) is 4.74 Å². The van der Waals surface area contributed by atoms with Gasteiger partial charge in [0, 0.05) is 45.9 Å². The fourth-order valence-electron chi connectivity index (χ4n) is 2.06. The molecule has 106 valence electrons. The summed E-state index contributed by atoms with van der Waals surface area (Å²) in [4.78, 5) is 6.75. The summed E-state index contributed by atoms with van der Waals surface area (Å²) in [7, 11) is 3.50. The third-order valence-corrected chi connectivity index (χ3v) is 3.16. The molecule has 1 aliphatic rings. The van der Waals surface area contributed by atoms with Crippen molar-refractivity contribution in [2.45, 2.75) is 38.8 Å². The van der Waals surface area contributed by atoms with Crippen LogP contribution >= 0.6 is 0 Å². The number of hydrogen-bond acceptors (Lipinski definition) is 3. The molecule has 0 spiro atoms. The summed E-state index contributed by atoms with van der Waals surface area (Å²) in [6.07, 6.45) is 2.72. The first-order valence-corrected chi connectivity index (χ1v) is 6.88. The van der Waals surface area contributed by atoms with Crippen LogP contribution in [0.2, 0.25) is 0 Å². The lowest BCUT2D eigenvalue weighted by atomic mass is 10.3. The molecule has 5 heteroatoms. The second-order valence-electron chi connectivity index (χ2n) is 4.98. The van der Waals surface area contributed by atoms with Gasteiger partial charge in [-0.3, -0.25) is 9.89 Å². The lowest BCUT2D eigenvalue weighted by Crippen LogP contribution is -2.44. The SMILES string of the molecule is CN=C(NCCOC)NCCN(C(C)C)C1CC1. The maximum atomic E-state index is 5.00. The largest absolute Gasteiger partial charge is 0.383 e. The Bertz CT molecular complexity index is 249. The summed E-state index contributed by atoms with van der Waals surface area (Å²) in [5, 5.41) is 6.55. The van der Waals surface area contributed by atoms with Crippen LogP contribution in [0.4, 0.5) is 0 Å². The average Bonchev–Trinajstić information content (AvgIpc) is 3.16. The van der Waals surface area contributed by atoms with Crippen molar-refractivity contribution in [3.63, 3.8) is 0 Å². The number of methoxy groups -OCH3 is 1. The summed E-state index contributed by atoms with van der Waals surface area (Å²) in [6.45, 7) is 8.02. The van der Waals surface area contributed by atoms with E-state index < -0.39 is 0 Å². The minimum Gasteiger partial charge on any atom is -0.383 e. The van der Waals surface area contributed by atoms with E-state index in [9.17, 15) is 0 Å². The zero-order chi connectivity index (χ0) is 13.4. The Morgan fingerprint density at radius 3 is 2.50 bits per heavy atom. The lowest BCUT2D eigenvalue weighted by Gasteiger charge is -2.26. The van der Waals surface area contributed by atoms with E-state index >= 15 is 0 Å². The molecule has 0 heterocycles. The van der Waals surface area contributed by atoms with Crippen molar-refractivity contribution >= 4 is 5.96 Å². The van der Waals surface area contributed by atoms with Crippen molar-refractivity contribution in [2.24, 2.45) is 4.99 Å². The molecule has 5 nitrogen and oxygen atoms in total. The molecule has 1 saturated carbocycles. The Labute approximate surface area is 111 Å². The van der Waals surface area contributed by atoms with Gasteiger partial charge in [0.1, 0.15) is 0 Å². The molecule has 0 aromatic carbocycles. The maximum Gasteiger partial charge on any atom is 0.191 e. The number of ether oxygens (including phenoxy) is 1. The number of nitrogens with one attached hydrogen (secondary N) is 2.